The summed E-state index contributed by atoms with van der Waals surface area (Å²) in [5.41, 5.74) is 2.38. The van der Waals surface area contributed by atoms with E-state index < -0.39 is 6.10 Å². The van der Waals surface area contributed by atoms with Gasteiger partial charge in [-0.1, -0.05) is 0 Å². The second-order valence-corrected chi connectivity index (χ2v) is 6.47. The number of halogens is 1. The van der Waals surface area contributed by atoms with E-state index in [1.54, 1.807) is 13.8 Å². The summed E-state index contributed by atoms with van der Waals surface area (Å²) in [6.45, 7) is 7.86. The first-order valence-electron chi connectivity index (χ1n) is 8.03. The maximum atomic E-state index is 13.8. The molecule has 1 aromatic rings. The van der Waals surface area contributed by atoms with Gasteiger partial charge in [0.1, 0.15) is 5.82 Å². The molecule has 3 nitrogen and oxygen atoms in total. The summed E-state index contributed by atoms with van der Waals surface area (Å²) in [5.74, 6) is -0.230. The number of rotatable bonds is 2. The Hall–Kier alpha value is -1.13. The Balaban J connectivity index is 1.93. The van der Waals surface area contributed by atoms with Gasteiger partial charge in [-0.2, -0.15) is 0 Å². The highest BCUT2D eigenvalue weighted by molar-refractivity contribution is 5.57. The van der Waals surface area contributed by atoms with E-state index in [1.807, 2.05) is 6.07 Å². The number of aryl methyl sites for hydroxylation is 1. The molecule has 0 bridgehead atoms. The van der Waals surface area contributed by atoms with Crippen LogP contribution in [0.2, 0.25) is 0 Å². The third-order valence-electron chi connectivity index (χ3n) is 4.90. The minimum Gasteiger partial charge on any atom is -0.389 e. The molecule has 21 heavy (non-hydrogen) atoms. The van der Waals surface area contributed by atoms with Crippen LogP contribution in [-0.4, -0.2) is 42.2 Å². The largest absolute Gasteiger partial charge is 0.389 e. The Bertz CT molecular complexity index is 518. The van der Waals surface area contributed by atoms with Gasteiger partial charge < -0.3 is 10.0 Å². The SMILES string of the molecule is Cc1cc(N2CCCN3CCCC3C2)c([C@@H](C)O)cc1F. The molecular formula is C17H25FN2O. The zero-order valence-electron chi connectivity index (χ0n) is 13.0. The smallest absolute Gasteiger partial charge is 0.126 e. The molecule has 3 rings (SSSR count). The molecule has 0 aromatic heterocycles. The normalized spacial score (nSPS) is 24.8. The Morgan fingerprint density at radius 3 is 2.76 bits per heavy atom. The maximum Gasteiger partial charge on any atom is 0.126 e. The van der Waals surface area contributed by atoms with Gasteiger partial charge in [-0.25, -0.2) is 4.39 Å². The molecule has 0 radical (unpaired) electrons. The van der Waals surface area contributed by atoms with Crippen molar-refractivity contribution in [2.75, 3.05) is 31.1 Å². The van der Waals surface area contributed by atoms with Crippen LogP contribution in [0.1, 0.15) is 43.4 Å². The van der Waals surface area contributed by atoms with E-state index in [4.69, 9.17) is 0 Å². The van der Waals surface area contributed by atoms with Crippen molar-refractivity contribution < 1.29 is 9.50 Å². The third-order valence-corrected chi connectivity index (χ3v) is 4.90. The Morgan fingerprint density at radius 2 is 2.00 bits per heavy atom. The summed E-state index contributed by atoms with van der Waals surface area (Å²) in [6.07, 6.45) is 3.02. The predicted octanol–water partition coefficient (Wildman–Crippen LogP) is 2.86. The van der Waals surface area contributed by atoms with Crippen LogP contribution in [0.3, 0.4) is 0 Å². The summed E-state index contributed by atoms with van der Waals surface area (Å²) in [4.78, 5) is 4.93. The fraction of sp³-hybridized carbons (Fsp3) is 0.647. The molecule has 1 N–H and O–H groups in total. The van der Waals surface area contributed by atoms with Gasteiger partial charge in [-0.15, -0.1) is 0 Å². The van der Waals surface area contributed by atoms with Gasteiger partial charge in [-0.3, -0.25) is 4.90 Å². The third kappa shape index (κ3) is 2.92. The molecule has 0 amide bonds. The first kappa shape index (κ1) is 14.8. The molecule has 0 aliphatic carbocycles. The van der Waals surface area contributed by atoms with Gasteiger partial charge in [0.25, 0.3) is 0 Å². The molecule has 2 atom stereocenters. The van der Waals surface area contributed by atoms with Crippen LogP contribution in [0.15, 0.2) is 12.1 Å². The van der Waals surface area contributed by atoms with Crippen molar-refractivity contribution in [3.05, 3.63) is 29.1 Å². The number of aliphatic hydroxyl groups is 1. The number of fused-ring (bicyclic) bond motifs is 1. The standard InChI is InChI=1S/C17H25FN2O/c1-12-9-17(15(13(2)21)10-16(12)18)20-8-4-7-19-6-3-5-14(19)11-20/h9-10,13-14,21H,3-8,11H2,1-2H3/t13-,14?/m1/s1. The Morgan fingerprint density at radius 1 is 1.24 bits per heavy atom. The van der Waals surface area contributed by atoms with Crippen molar-refractivity contribution in [3.63, 3.8) is 0 Å². The zero-order valence-corrected chi connectivity index (χ0v) is 13.0. The van der Waals surface area contributed by atoms with Gasteiger partial charge in [0, 0.05) is 36.9 Å². The molecule has 4 heteroatoms. The average Bonchev–Trinajstić information content (AvgIpc) is 2.78. The lowest BCUT2D eigenvalue weighted by molar-refractivity contribution is 0.199. The van der Waals surface area contributed by atoms with E-state index in [0.29, 0.717) is 17.2 Å². The van der Waals surface area contributed by atoms with E-state index in [9.17, 15) is 9.50 Å². The minimum absolute atomic E-state index is 0.230. The number of hydrogen-bond acceptors (Lipinski definition) is 3. The monoisotopic (exact) mass is 292 g/mol. The van der Waals surface area contributed by atoms with Gasteiger partial charge in [0.05, 0.1) is 6.10 Å². The predicted molar refractivity (Wildman–Crippen MR) is 83.2 cm³/mol. The maximum absolute atomic E-state index is 13.8. The quantitative estimate of drug-likeness (QED) is 0.908. The molecule has 2 saturated heterocycles. The second-order valence-electron chi connectivity index (χ2n) is 6.47. The van der Waals surface area contributed by atoms with E-state index in [2.05, 4.69) is 9.80 Å². The molecule has 1 aromatic carbocycles. The Kier molecular flexibility index (Phi) is 4.18. The molecule has 116 valence electrons. The van der Waals surface area contributed by atoms with Crippen molar-refractivity contribution >= 4 is 5.69 Å². The molecule has 2 heterocycles. The van der Waals surface area contributed by atoms with Crippen LogP contribution >= 0.6 is 0 Å². The first-order valence-corrected chi connectivity index (χ1v) is 8.03. The molecule has 0 saturated carbocycles. The minimum atomic E-state index is -0.641. The number of benzene rings is 1. The van der Waals surface area contributed by atoms with Crippen LogP contribution in [0.25, 0.3) is 0 Å². The second kappa shape index (κ2) is 5.93. The summed E-state index contributed by atoms with van der Waals surface area (Å²) in [7, 11) is 0. The van der Waals surface area contributed by atoms with Gasteiger partial charge in [0.2, 0.25) is 0 Å². The van der Waals surface area contributed by atoms with E-state index in [1.165, 1.54) is 25.5 Å². The van der Waals surface area contributed by atoms with Gasteiger partial charge in [-0.05, 0) is 57.4 Å². The molecule has 0 spiro atoms. The molecule has 2 aliphatic rings. The molecule has 2 aliphatic heterocycles. The fourth-order valence-electron chi connectivity index (χ4n) is 3.72. The highest BCUT2D eigenvalue weighted by Gasteiger charge is 2.30. The average molecular weight is 292 g/mol. The summed E-state index contributed by atoms with van der Waals surface area (Å²) in [5, 5.41) is 10.0. The van der Waals surface area contributed by atoms with E-state index in [0.717, 1.165) is 31.7 Å². The number of hydrogen-bond donors (Lipinski definition) is 1. The van der Waals surface area contributed by atoms with Gasteiger partial charge in [0.15, 0.2) is 0 Å². The van der Waals surface area contributed by atoms with E-state index >= 15 is 0 Å². The number of anilines is 1. The Labute approximate surface area is 126 Å². The van der Waals surface area contributed by atoms with E-state index in [-0.39, 0.29) is 5.82 Å². The lowest BCUT2D eigenvalue weighted by Crippen LogP contribution is -2.37. The lowest BCUT2D eigenvalue weighted by Gasteiger charge is -2.30. The van der Waals surface area contributed by atoms with Crippen LogP contribution in [0.5, 0.6) is 0 Å². The summed E-state index contributed by atoms with van der Waals surface area (Å²) in [6, 6.07) is 4.02. The fourth-order valence-corrected chi connectivity index (χ4v) is 3.72. The van der Waals surface area contributed by atoms with Crippen LogP contribution in [0, 0.1) is 12.7 Å². The highest BCUT2D eigenvalue weighted by Crippen LogP contribution is 2.32. The van der Waals surface area contributed by atoms with Crippen LogP contribution in [0.4, 0.5) is 10.1 Å². The summed E-state index contributed by atoms with van der Waals surface area (Å²) >= 11 is 0. The zero-order chi connectivity index (χ0) is 15.0. The van der Waals surface area contributed by atoms with Crippen molar-refractivity contribution in [2.45, 2.75) is 45.3 Å². The highest BCUT2D eigenvalue weighted by atomic mass is 19.1. The number of aliphatic hydroxyl groups excluding tert-OH is 1. The van der Waals surface area contributed by atoms with Crippen molar-refractivity contribution in [1.82, 2.24) is 4.90 Å². The van der Waals surface area contributed by atoms with Crippen LogP contribution < -0.4 is 4.90 Å². The van der Waals surface area contributed by atoms with Crippen molar-refractivity contribution in [2.24, 2.45) is 0 Å². The molecular weight excluding hydrogens is 267 g/mol. The van der Waals surface area contributed by atoms with Crippen LogP contribution in [-0.2, 0) is 0 Å². The van der Waals surface area contributed by atoms with Crippen molar-refractivity contribution in [3.8, 4) is 0 Å². The molecule has 1 unspecified atom stereocenters. The number of nitrogens with zero attached hydrogens (tertiary/aromatic N) is 2. The lowest BCUT2D eigenvalue weighted by atomic mass is 10.0. The first-order chi connectivity index (χ1) is 10.1. The van der Waals surface area contributed by atoms with Crippen molar-refractivity contribution in [1.29, 1.82) is 0 Å². The summed E-state index contributed by atoms with van der Waals surface area (Å²) < 4.78 is 13.8. The van der Waals surface area contributed by atoms with Gasteiger partial charge >= 0.3 is 0 Å². The molecule has 2 fully saturated rings. The topological polar surface area (TPSA) is 26.7 Å².